The zero-order valence-corrected chi connectivity index (χ0v) is 14.8. The molecule has 1 amide bonds. The molecule has 0 aliphatic heterocycles. The molecule has 0 spiro atoms. The number of fused-ring (bicyclic) bond motifs is 1. The molecule has 0 aliphatic rings. The fraction of sp³-hybridized carbons (Fsp3) is 0.353. The molecule has 0 unspecified atom stereocenters. The van der Waals surface area contributed by atoms with Crippen LogP contribution in [0.3, 0.4) is 0 Å². The number of hydrogen-bond acceptors (Lipinski definition) is 3. The van der Waals surface area contributed by atoms with Crippen molar-refractivity contribution in [3.05, 3.63) is 46.0 Å². The van der Waals surface area contributed by atoms with E-state index in [4.69, 9.17) is 0 Å². The van der Waals surface area contributed by atoms with Crippen molar-refractivity contribution in [1.82, 2.24) is 14.3 Å². The van der Waals surface area contributed by atoms with E-state index in [0.29, 0.717) is 10.5 Å². The number of aryl methyl sites for hydroxylation is 3. The number of nitrogens with zero attached hydrogens (tertiary/aromatic N) is 4. The highest BCUT2D eigenvalue weighted by molar-refractivity contribution is 7.16. The number of carbonyl (C=O) groups is 1. The number of hydrogen-bond donors (Lipinski definition) is 0. The molecule has 23 heavy (non-hydrogen) atoms. The Bertz CT molecular complexity index is 959. The van der Waals surface area contributed by atoms with E-state index in [2.05, 4.69) is 29.1 Å². The van der Waals surface area contributed by atoms with Crippen LogP contribution in [0.25, 0.3) is 10.2 Å². The molecule has 0 bridgehead atoms. The van der Waals surface area contributed by atoms with E-state index < -0.39 is 0 Å². The molecule has 0 saturated carbocycles. The molecule has 1 aromatic carbocycles. The number of thiazole rings is 1. The zero-order valence-electron chi connectivity index (χ0n) is 14.0. The average Bonchev–Trinajstić information content (AvgIpc) is 3.01. The van der Waals surface area contributed by atoms with E-state index in [9.17, 15) is 4.79 Å². The number of amides is 1. The molecule has 6 heteroatoms. The first-order valence-electron chi connectivity index (χ1n) is 7.59. The third-order valence-electron chi connectivity index (χ3n) is 3.79. The summed E-state index contributed by atoms with van der Waals surface area (Å²) >= 11 is 1.53. The normalized spacial score (nSPS) is 12.5. The summed E-state index contributed by atoms with van der Waals surface area (Å²) < 4.78 is 4.85. The number of carbonyl (C=O) groups excluding carboxylic acids is 1. The molecule has 0 N–H and O–H groups in total. The second-order valence-corrected chi connectivity index (χ2v) is 7.00. The molecule has 5 nitrogen and oxygen atoms in total. The summed E-state index contributed by atoms with van der Waals surface area (Å²) in [5, 5.41) is 4.38. The summed E-state index contributed by atoms with van der Waals surface area (Å²) in [7, 11) is 1.95. The van der Waals surface area contributed by atoms with E-state index >= 15 is 0 Å². The van der Waals surface area contributed by atoms with Crippen LogP contribution in [-0.4, -0.2) is 20.3 Å². The molecule has 0 fully saturated rings. The first kappa shape index (κ1) is 15.7. The summed E-state index contributed by atoms with van der Waals surface area (Å²) in [6.45, 7) is 7.97. The predicted octanol–water partition coefficient (Wildman–Crippen LogP) is 3.38. The Morgan fingerprint density at radius 2 is 2.04 bits per heavy atom. The Morgan fingerprint density at radius 3 is 2.70 bits per heavy atom. The quantitative estimate of drug-likeness (QED) is 0.724. The van der Waals surface area contributed by atoms with Gasteiger partial charge in [-0.05, 0) is 45.4 Å². The number of aromatic nitrogens is 3. The molecule has 3 aromatic rings. The maximum Gasteiger partial charge on any atom is 0.297 e. The minimum atomic E-state index is -0.251. The fourth-order valence-corrected chi connectivity index (χ4v) is 3.81. The summed E-state index contributed by atoms with van der Waals surface area (Å²) in [6, 6.07) is 8.06. The lowest BCUT2D eigenvalue weighted by atomic mass is 10.2. The molecule has 3 rings (SSSR count). The van der Waals surface area contributed by atoms with Crippen LogP contribution in [0, 0.1) is 13.8 Å². The topological polar surface area (TPSA) is 52.2 Å². The van der Waals surface area contributed by atoms with Gasteiger partial charge in [0, 0.05) is 13.1 Å². The van der Waals surface area contributed by atoms with Gasteiger partial charge in [-0.1, -0.05) is 23.5 Å². The first-order chi connectivity index (χ1) is 10.9. The van der Waals surface area contributed by atoms with Gasteiger partial charge in [0.1, 0.15) is 5.69 Å². The van der Waals surface area contributed by atoms with Gasteiger partial charge in [-0.3, -0.25) is 9.48 Å². The lowest BCUT2D eigenvalue weighted by Crippen LogP contribution is -2.17. The zero-order chi connectivity index (χ0) is 16.7. The maximum atomic E-state index is 12.6. The largest absolute Gasteiger partial charge is 0.319 e. The van der Waals surface area contributed by atoms with Crippen LogP contribution < -0.4 is 4.80 Å². The molecule has 2 heterocycles. The van der Waals surface area contributed by atoms with Crippen molar-refractivity contribution < 1.29 is 4.79 Å². The first-order valence-corrected chi connectivity index (χ1v) is 8.40. The second kappa shape index (κ2) is 5.77. The van der Waals surface area contributed by atoms with E-state index in [1.807, 2.05) is 38.5 Å². The van der Waals surface area contributed by atoms with Gasteiger partial charge in [-0.25, -0.2) is 0 Å². The van der Waals surface area contributed by atoms with Gasteiger partial charge in [-0.15, -0.1) is 0 Å². The van der Waals surface area contributed by atoms with Gasteiger partial charge in [0.25, 0.3) is 5.91 Å². The van der Waals surface area contributed by atoms with Gasteiger partial charge in [0.15, 0.2) is 4.80 Å². The van der Waals surface area contributed by atoms with Gasteiger partial charge < -0.3 is 4.57 Å². The van der Waals surface area contributed by atoms with Gasteiger partial charge in [-0.2, -0.15) is 10.1 Å². The molecule has 120 valence electrons. The van der Waals surface area contributed by atoms with Crippen molar-refractivity contribution in [2.45, 2.75) is 33.7 Å². The highest BCUT2D eigenvalue weighted by Crippen LogP contribution is 2.20. The lowest BCUT2D eigenvalue weighted by molar-refractivity contribution is 0.0986. The third-order valence-corrected chi connectivity index (χ3v) is 4.88. The minimum absolute atomic E-state index is 0.122. The Balaban J connectivity index is 2.14. The Labute approximate surface area is 138 Å². The van der Waals surface area contributed by atoms with Crippen molar-refractivity contribution >= 4 is 27.5 Å². The molecule has 0 saturated heterocycles. The maximum absolute atomic E-state index is 12.6. The van der Waals surface area contributed by atoms with Crippen molar-refractivity contribution in [3.8, 4) is 0 Å². The molecular formula is C17H20N4OS. The molecular weight excluding hydrogens is 308 g/mol. The Morgan fingerprint density at radius 1 is 1.30 bits per heavy atom. The number of benzene rings is 1. The summed E-state index contributed by atoms with van der Waals surface area (Å²) in [5.41, 5.74) is 3.66. The van der Waals surface area contributed by atoms with E-state index in [0.717, 1.165) is 15.9 Å². The standard InChI is InChI=1S/C17H20N4OS/c1-10(2)21-13(9-12(4)19-21)16(22)18-17-20(5)15-11(3)7-6-8-14(15)23-17/h6-10H,1-5H3. The Kier molecular flexibility index (Phi) is 3.93. The summed E-state index contributed by atoms with van der Waals surface area (Å²) in [4.78, 5) is 17.7. The monoisotopic (exact) mass is 328 g/mol. The van der Waals surface area contributed by atoms with Gasteiger partial charge in [0.2, 0.25) is 0 Å². The van der Waals surface area contributed by atoms with Crippen LogP contribution in [0.5, 0.6) is 0 Å². The van der Waals surface area contributed by atoms with Crippen molar-refractivity contribution in [2.75, 3.05) is 0 Å². The fourth-order valence-electron chi connectivity index (χ4n) is 2.72. The second-order valence-electron chi connectivity index (χ2n) is 5.99. The van der Waals surface area contributed by atoms with Crippen LogP contribution in [0.15, 0.2) is 29.3 Å². The molecule has 2 aromatic heterocycles. The van der Waals surface area contributed by atoms with Crippen molar-refractivity contribution in [2.24, 2.45) is 12.0 Å². The van der Waals surface area contributed by atoms with Crippen molar-refractivity contribution in [1.29, 1.82) is 0 Å². The van der Waals surface area contributed by atoms with Crippen LogP contribution in [-0.2, 0) is 7.05 Å². The molecule has 0 radical (unpaired) electrons. The number of rotatable bonds is 2. The third kappa shape index (κ3) is 2.74. The molecule has 0 aliphatic carbocycles. The SMILES string of the molecule is Cc1cc(C(=O)N=c2sc3cccc(C)c3n2C)n(C(C)C)n1. The Hall–Kier alpha value is -2.21. The van der Waals surface area contributed by atoms with Crippen molar-refractivity contribution in [3.63, 3.8) is 0 Å². The van der Waals surface area contributed by atoms with Gasteiger partial charge in [0.05, 0.1) is 15.9 Å². The lowest BCUT2D eigenvalue weighted by Gasteiger charge is -2.07. The van der Waals surface area contributed by atoms with Crippen LogP contribution >= 0.6 is 11.3 Å². The van der Waals surface area contributed by atoms with Crippen LogP contribution in [0.2, 0.25) is 0 Å². The summed E-state index contributed by atoms with van der Waals surface area (Å²) in [6.07, 6.45) is 0. The van der Waals surface area contributed by atoms with E-state index in [1.165, 1.54) is 16.9 Å². The van der Waals surface area contributed by atoms with E-state index in [-0.39, 0.29) is 11.9 Å². The van der Waals surface area contributed by atoms with Crippen LogP contribution in [0.1, 0.15) is 41.6 Å². The van der Waals surface area contributed by atoms with Crippen LogP contribution in [0.4, 0.5) is 0 Å². The minimum Gasteiger partial charge on any atom is -0.319 e. The average molecular weight is 328 g/mol. The molecule has 0 atom stereocenters. The summed E-state index contributed by atoms with van der Waals surface area (Å²) in [5.74, 6) is -0.251. The smallest absolute Gasteiger partial charge is 0.297 e. The predicted molar refractivity (Wildman–Crippen MR) is 92.8 cm³/mol. The van der Waals surface area contributed by atoms with E-state index in [1.54, 1.807) is 10.7 Å². The number of para-hydroxylation sites is 1. The highest BCUT2D eigenvalue weighted by Gasteiger charge is 2.16. The van der Waals surface area contributed by atoms with Gasteiger partial charge >= 0.3 is 0 Å². The highest BCUT2D eigenvalue weighted by atomic mass is 32.1.